The van der Waals surface area contributed by atoms with E-state index in [1.807, 2.05) is 11.8 Å². The van der Waals surface area contributed by atoms with Gasteiger partial charge in [-0.1, -0.05) is 18.2 Å². The first-order valence-electron chi connectivity index (χ1n) is 6.45. The van der Waals surface area contributed by atoms with Gasteiger partial charge in [-0.05, 0) is 42.9 Å². The van der Waals surface area contributed by atoms with E-state index in [2.05, 4.69) is 29.6 Å². The summed E-state index contributed by atoms with van der Waals surface area (Å²) in [5.41, 5.74) is 1.50. The third-order valence-corrected chi connectivity index (χ3v) is 5.21. The molecule has 0 saturated carbocycles. The molecule has 0 amide bonds. The normalized spacial score (nSPS) is 32.4. The van der Waals surface area contributed by atoms with Gasteiger partial charge < -0.3 is 10.4 Å². The van der Waals surface area contributed by atoms with Crippen molar-refractivity contribution in [2.24, 2.45) is 5.92 Å². The lowest BCUT2D eigenvalue weighted by atomic mass is 9.84. The lowest BCUT2D eigenvalue weighted by Gasteiger charge is -2.30. The minimum Gasteiger partial charge on any atom is -0.393 e. The molecule has 1 fully saturated rings. The van der Waals surface area contributed by atoms with Crippen molar-refractivity contribution in [1.82, 2.24) is 5.32 Å². The molecule has 2 aliphatic heterocycles. The largest absolute Gasteiger partial charge is 0.393 e. The van der Waals surface area contributed by atoms with Crippen LogP contribution in [0.3, 0.4) is 0 Å². The summed E-state index contributed by atoms with van der Waals surface area (Å²) < 4.78 is 0. The van der Waals surface area contributed by atoms with Gasteiger partial charge in [-0.15, -0.1) is 11.8 Å². The fraction of sp³-hybridized carbons (Fsp3) is 0.571. The van der Waals surface area contributed by atoms with Crippen molar-refractivity contribution in [3.63, 3.8) is 0 Å². The Balaban J connectivity index is 1.70. The minimum atomic E-state index is -0.103. The van der Waals surface area contributed by atoms with Crippen LogP contribution in [-0.4, -0.2) is 30.1 Å². The second-order valence-electron chi connectivity index (χ2n) is 5.10. The average Bonchev–Trinajstić information content (AvgIpc) is 2.76. The summed E-state index contributed by atoms with van der Waals surface area (Å²) in [6.07, 6.45) is 1.93. The molecule has 2 heterocycles. The topological polar surface area (TPSA) is 32.3 Å². The van der Waals surface area contributed by atoms with E-state index >= 15 is 0 Å². The van der Waals surface area contributed by atoms with E-state index in [4.69, 9.17) is 0 Å². The van der Waals surface area contributed by atoms with Crippen LogP contribution in [0.1, 0.15) is 24.3 Å². The van der Waals surface area contributed by atoms with Gasteiger partial charge in [0.05, 0.1) is 6.10 Å². The predicted molar refractivity (Wildman–Crippen MR) is 71.5 cm³/mol. The summed E-state index contributed by atoms with van der Waals surface area (Å²) in [6.45, 7) is 1.94. The summed E-state index contributed by atoms with van der Waals surface area (Å²) in [4.78, 5) is 1.44. The van der Waals surface area contributed by atoms with Crippen molar-refractivity contribution in [2.45, 2.75) is 29.8 Å². The first kappa shape index (κ1) is 11.6. The zero-order valence-corrected chi connectivity index (χ0v) is 10.7. The highest BCUT2D eigenvalue weighted by molar-refractivity contribution is 7.99. The van der Waals surface area contributed by atoms with Crippen LogP contribution in [0.4, 0.5) is 0 Å². The summed E-state index contributed by atoms with van der Waals surface area (Å²) in [5.74, 6) is 2.25. The average molecular weight is 249 g/mol. The summed E-state index contributed by atoms with van der Waals surface area (Å²) >= 11 is 1.96. The van der Waals surface area contributed by atoms with Crippen LogP contribution in [0.2, 0.25) is 0 Å². The Morgan fingerprint density at radius 3 is 3.12 bits per heavy atom. The van der Waals surface area contributed by atoms with Crippen LogP contribution < -0.4 is 5.32 Å². The van der Waals surface area contributed by atoms with Gasteiger partial charge in [0.15, 0.2) is 0 Å². The number of piperidine rings is 1. The number of fused-ring (bicyclic) bond motifs is 1. The maximum atomic E-state index is 10.0. The van der Waals surface area contributed by atoms with Gasteiger partial charge in [-0.25, -0.2) is 0 Å². The number of thioether (sulfide) groups is 1. The smallest absolute Gasteiger partial charge is 0.0592 e. The van der Waals surface area contributed by atoms with E-state index in [9.17, 15) is 5.11 Å². The first-order chi connectivity index (χ1) is 8.34. The van der Waals surface area contributed by atoms with Gasteiger partial charge in [-0.2, -0.15) is 0 Å². The number of aliphatic hydroxyl groups is 1. The molecular weight excluding hydrogens is 230 g/mol. The third kappa shape index (κ3) is 2.37. The molecule has 0 aromatic heterocycles. The SMILES string of the molecule is OC1CCNCC1CC1CSc2ccccc21. The molecule has 17 heavy (non-hydrogen) atoms. The second kappa shape index (κ2) is 5.01. The monoisotopic (exact) mass is 249 g/mol. The molecule has 3 heteroatoms. The Bertz CT molecular complexity index is 396. The van der Waals surface area contributed by atoms with Crippen LogP contribution in [0.15, 0.2) is 29.2 Å². The summed E-state index contributed by atoms with van der Waals surface area (Å²) in [5, 5.41) is 13.4. The molecule has 3 unspecified atom stereocenters. The number of hydrogen-bond acceptors (Lipinski definition) is 3. The molecule has 3 rings (SSSR count). The van der Waals surface area contributed by atoms with Crippen LogP contribution in [0, 0.1) is 5.92 Å². The zero-order chi connectivity index (χ0) is 11.7. The second-order valence-corrected chi connectivity index (χ2v) is 6.16. The summed E-state index contributed by atoms with van der Waals surface area (Å²) in [6, 6.07) is 8.72. The van der Waals surface area contributed by atoms with Crippen molar-refractivity contribution in [3.05, 3.63) is 29.8 Å². The summed E-state index contributed by atoms with van der Waals surface area (Å²) in [7, 11) is 0. The van der Waals surface area contributed by atoms with Crippen LogP contribution in [0.25, 0.3) is 0 Å². The number of aliphatic hydroxyl groups excluding tert-OH is 1. The number of benzene rings is 1. The fourth-order valence-corrected chi connectivity index (χ4v) is 4.21. The Kier molecular flexibility index (Phi) is 3.41. The number of rotatable bonds is 2. The van der Waals surface area contributed by atoms with Crippen molar-refractivity contribution in [2.75, 3.05) is 18.8 Å². The van der Waals surface area contributed by atoms with E-state index in [1.54, 1.807) is 0 Å². The van der Waals surface area contributed by atoms with Gasteiger partial charge in [0.1, 0.15) is 0 Å². The number of nitrogens with one attached hydrogen (secondary N) is 1. The maximum Gasteiger partial charge on any atom is 0.0592 e. The van der Waals surface area contributed by atoms with Crippen molar-refractivity contribution >= 4 is 11.8 Å². The first-order valence-corrected chi connectivity index (χ1v) is 7.43. The molecule has 3 atom stereocenters. The Hall–Kier alpha value is -0.510. The van der Waals surface area contributed by atoms with Crippen LogP contribution in [0.5, 0.6) is 0 Å². The molecule has 0 aliphatic carbocycles. The molecule has 2 nitrogen and oxygen atoms in total. The number of hydrogen-bond donors (Lipinski definition) is 2. The van der Waals surface area contributed by atoms with Crippen LogP contribution >= 0.6 is 11.8 Å². The quantitative estimate of drug-likeness (QED) is 0.843. The van der Waals surface area contributed by atoms with E-state index < -0.39 is 0 Å². The highest BCUT2D eigenvalue weighted by atomic mass is 32.2. The van der Waals surface area contributed by atoms with Gasteiger partial charge >= 0.3 is 0 Å². The highest BCUT2D eigenvalue weighted by Crippen LogP contribution is 2.42. The molecule has 2 aliphatic rings. The van der Waals surface area contributed by atoms with Gasteiger partial charge in [0.2, 0.25) is 0 Å². The third-order valence-electron chi connectivity index (χ3n) is 3.95. The maximum absolute atomic E-state index is 10.0. The molecule has 0 radical (unpaired) electrons. The van der Waals surface area contributed by atoms with E-state index in [-0.39, 0.29) is 6.10 Å². The zero-order valence-electron chi connectivity index (χ0n) is 9.93. The van der Waals surface area contributed by atoms with Gasteiger partial charge in [0.25, 0.3) is 0 Å². The van der Waals surface area contributed by atoms with Crippen molar-refractivity contribution < 1.29 is 5.11 Å². The molecule has 1 aromatic carbocycles. The van der Waals surface area contributed by atoms with Crippen molar-refractivity contribution in [1.29, 1.82) is 0 Å². The predicted octanol–water partition coefficient (Wildman–Crippen LogP) is 2.24. The van der Waals surface area contributed by atoms with Gasteiger partial charge in [0, 0.05) is 17.2 Å². The van der Waals surface area contributed by atoms with E-state index in [0.29, 0.717) is 11.8 Å². The highest BCUT2D eigenvalue weighted by Gasteiger charge is 2.30. The molecule has 1 saturated heterocycles. The molecule has 2 N–H and O–H groups in total. The lowest BCUT2D eigenvalue weighted by Crippen LogP contribution is -2.40. The Morgan fingerprint density at radius 2 is 2.24 bits per heavy atom. The Morgan fingerprint density at radius 1 is 1.35 bits per heavy atom. The van der Waals surface area contributed by atoms with E-state index in [0.717, 1.165) is 25.9 Å². The molecule has 92 valence electrons. The van der Waals surface area contributed by atoms with E-state index in [1.165, 1.54) is 16.2 Å². The van der Waals surface area contributed by atoms with Gasteiger partial charge in [-0.3, -0.25) is 0 Å². The molecular formula is C14H19NOS. The van der Waals surface area contributed by atoms with Crippen molar-refractivity contribution in [3.8, 4) is 0 Å². The fourth-order valence-electron chi connectivity index (χ4n) is 2.94. The lowest BCUT2D eigenvalue weighted by molar-refractivity contribution is 0.0717. The minimum absolute atomic E-state index is 0.103. The molecule has 1 aromatic rings. The standard InChI is InChI=1S/C14H19NOS/c16-13-5-6-15-8-10(13)7-11-9-17-14-4-2-1-3-12(11)14/h1-4,10-11,13,15-16H,5-9H2. The molecule has 0 spiro atoms. The Labute approximate surface area is 107 Å². The molecule has 0 bridgehead atoms. The van der Waals surface area contributed by atoms with Crippen LogP contribution in [-0.2, 0) is 0 Å².